The van der Waals surface area contributed by atoms with E-state index in [2.05, 4.69) is 32.6 Å². The summed E-state index contributed by atoms with van der Waals surface area (Å²) in [6, 6.07) is 0. The van der Waals surface area contributed by atoms with Crippen molar-refractivity contribution in [3.8, 4) is 0 Å². The minimum absolute atomic E-state index is 0.289. The van der Waals surface area contributed by atoms with Crippen LogP contribution < -0.4 is 0 Å². The molecule has 0 bridgehead atoms. The molecule has 100 valence electrons. The fourth-order valence-electron chi connectivity index (χ4n) is 2.61. The number of carbonyl (C=O) groups is 1. The van der Waals surface area contributed by atoms with E-state index in [9.17, 15) is 4.79 Å². The third-order valence-electron chi connectivity index (χ3n) is 3.89. The molecule has 0 spiro atoms. The number of hydrogen-bond acceptors (Lipinski definition) is 2. The maximum absolute atomic E-state index is 11.7. The number of unbranched alkanes of at least 4 members (excludes halogenated alkanes) is 1. The lowest BCUT2D eigenvalue weighted by Crippen LogP contribution is -2.46. The van der Waals surface area contributed by atoms with Gasteiger partial charge in [0.05, 0.1) is 0 Å². The van der Waals surface area contributed by atoms with Gasteiger partial charge in [-0.1, -0.05) is 13.3 Å². The Morgan fingerprint density at radius 3 is 2.29 bits per heavy atom. The van der Waals surface area contributed by atoms with Gasteiger partial charge in [-0.05, 0) is 59.0 Å². The van der Waals surface area contributed by atoms with Crippen molar-refractivity contribution in [1.82, 2.24) is 4.90 Å². The van der Waals surface area contributed by atoms with Crippen molar-refractivity contribution in [3.05, 3.63) is 0 Å². The Morgan fingerprint density at radius 2 is 1.82 bits per heavy atom. The monoisotopic (exact) mass is 239 g/mol. The minimum Gasteiger partial charge on any atom is -0.300 e. The van der Waals surface area contributed by atoms with Crippen molar-refractivity contribution >= 4 is 5.78 Å². The number of Topliss-reactive ketones (excluding diaryl/α,β-unsaturated/α-hetero) is 1. The van der Waals surface area contributed by atoms with E-state index in [1.807, 2.05) is 0 Å². The molecule has 1 aliphatic heterocycles. The zero-order valence-corrected chi connectivity index (χ0v) is 12.1. The fourth-order valence-corrected chi connectivity index (χ4v) is 2.61. The van der Waals surface area contributed by atoms with E-state index < -0.39 is 0 Å². The molecule has 0 atom stereocenters. The van der Waals surface area contributed by atoms with Gasteiger partial charge in [-0.25, -0.2) is 0 Å². The molecule has 0 aromatic rings. The van der Waals surface area contributed by atoms with Crippen LogP contribution in [0.2, 0.25) is 0 Å². The zero-order chi connectivity index (χ0) is 12.9. The van der Waals surface area contributed by atoms with E-state index in [-0.39, 0.29) is 5.54 Å². The minimum atomic E-state index is 0.289. The number of ketones is 1. The molecular weight excluding hydrogens is 210 g/mol. The van der Waals surface area contributed by atoms with Gasteiger partial charge in [-0.15, -0.1) is 0 Å². The van der Waals surface area contributed by atoms with E-state index in [1.54, 1.807) is 0 Å². The molecule has 2 nitrogen and oxygen atoms in total. The van der Waals surface area contributed by atoms with E-state index in [1.165, 1.54) is 12.8 Å². The second-order valence-electron chi connectivity index (χ2n) is 6.45. The van der Waals surface area contributed by atoms with Crippen LogP contribution in [-0.4, -0.2) is 29.3 Å². The quantitative estimate of drug-likeness (QED) is 0.730. The first-order valence-corrected chi connectivity index (χ1v) is 7.20. The molecule has 17 heavy (non-hydrogen) atoms. The second kappa shape index (κ2) is 6.53. The molecule has 0 radical (unpaired) electrons. The molecule has 1 fully saturated rings. The molecular formula is C15H29NO. The lowest BCUT2D eigenvalue weighted by atomic mass is 9.88. The van der Waals surface area contributed by atoms with E-state index in [0.29, 0.717) is 11.7 Å². The SMILES string of the molecule is CCCCC(=O)CC1CCN(C(C)(C)C)CC1. The van der Waals surface area contributed by atoms with Crippen molar-refractivity contribution in [2.45, 2.75) is 71.8 Å². The van der Waals surface area contributed by atoms with Gasteiger partial charge in [0.1, 0.15) is 5.78 Å². The summed E-state index contributed by atoms with van der Waals surface area (Å²) in [5, 5.41) is 0. The Morgan fingerprint density at radius 1 is 1.24 bits per heavy atom. The summed E-state index contributed by atoms with van der Waals surface area (Å²) >= 11 is 0. The maximum Gasteiger partial charge on any atom is 0.133 e. The topological polar surface area (TPSA) is 20.3 Å². The van der Waals surface area contributed by atoms with Gasteiger partial charge in [-0.2, -0.15) is 0 Å². The third kappa shape index (κ3) is 5.20. The largest absolute Gasteiger partial charge is 0.300 e. The molecule has 1 heterocycles. The molecule has 0 aromatic carbocycles. The Balaban J connectivity index is 2.25. The molecule has 0 aliphatic carbocycles. The molecule has 0 aromatic heterocycles. The predicted molar refractivity (Wildman–Crippen MR) is 73.2 cm³/mol. The number of hydrogen-bond donors (Lipinski definition) is 0. The van der Waals surface area contributed by atoms with Gasteiger partial charge in [0, 0.05) is 18.4 Å². The first-order valence-electron chi connectivity index (χ1n) is 7.20. The van der Waals surface area contributed by atoms with Crippen LogP contribution in [0.3, 0.4) is 0 Å². The summed E-state index contributed by atoms with van der Waals surface area (Å²) in [4.78, 5) is 14.3. The van der Waals surface area contributed by atoms with Gasteiger partial charge >= 0.3 is 0 Å². The van der Waals surface area contributed by atoms with Crippen LogP contribution in [0, 0.1) is 5.92 Å². The van der Waals surface area contributed by atoms with E-state index in [4.69, 9.17) is 0 Å². The Hall–Kier alpha value is -0.370. The summed E-state index contributed by atoms with van der Waals surface area (Å²) in [6.07, 6.45) is 6.24. The normalized spacial score (nSPS) is 19.5. The lowest BCUT2D eigenvalue weighted by molar-refractivity contribution is -0.120. The number of rotatable bonds is 5. The molecule has 1 aliphatic rings. The molecule has 0 amide bonds. The molecule has 2 heteroatoms. The number of nitrogens with zero attached hydrogens (tertiary/aromatic N) is 1. The van der Waals surface area contributed by atoms with Crippen LogP contribution in [0.1, 0.15) is 66.2 Å². The van der Waals surface area contributed by atoms with Crippen molar-refractivity contribution in [2.24, 2.45) is 5.92 Å². The maximum atomic E-state index is 11.7. The van der Waals surface area contributed by atoms with Gasteiger partial charge in [0.15, 0.2) is 0 Å². The Bertz CT molecular complexity index is 234. The van der Waals surface area contributed by atoms with Crippen molar-refractivity contribution < 1.29 is 4.79 Å². The number of piperidine rings is 1. The smallest absolute Gasteiger partial charge is 0.133 e. The third-order valence-corrected chi connectivity index (χ3v) is 3.89. The zero-order valence-electron chi connectivity index (χ0n) is 12.1. The Kier molecular flexibility index (Phi) is 5.64. The molecule has 0 saturated carbocycles. The van der Waals surface area contributed by atoms with Gasteiger partial charge < -0.3 is 0 Å². The molecule has 0 unspecified atom stereocenters. The molecule has 1 rings (SSSR count). The highest BCUT2D eigenvalue weighted by Gasteiger charge is 2.27. The summed E-state index contributed by atoms with van der Waals surface area (Å²) in [5.74, 6) is 1.14. The number of likely N-dealkylation sites (tertiary alicyclic amines) is 1. The van der Waals surface area contributed by atoms with Crippen LogP contribution in [-0.2, 0) is 4.79 Å². The Labute approximate surface area is 107 Å². The first-order chi connectivity index (χ1) is 7.93. The lowest BCUT2D eigenvalue weighted by Gasteiger charge is -2.40. The van der Waals surface area contributed by atoms with Crippen LogP contribution >= 0.6 is 0 Å². The van der Waals surface area contributed by atoms with Gasteiger partial charge in [-0.3, -0.25) is 9.69 Å². The average molecular weight is 239 g/mol. The van der Waals surface area contributed by atoms with Crippen molar-refractivity contribution in [2.75, 3.05) is 13.1 Å². The summed E-state index contributed by atoms with van der Waals surface area (Å²) in [6.45, 7) is 11.3. The summed E-state index contributed by atoms with van der Waals surface area (Å²) < 4.78 is 0. The van der Waals surface area contributed by atoms with Crippen molar-refractivity contribution in [1.29, 1.82) is 0 Å². The fraction of sp³-hybridized carbons (Fsp3) is 0.933. The van der Waals surface area contributed by atoms with Crippen LogP contribution in [0.5, 0.6) is 0 Å². The van der Waals surface area contributed by atoms with Gasteiger partial charge in [0.2, 0.25) is 0 Å². The second-order valence-corrected chi connectivity index (χ2v) is 6.45. The summed E-state index contributed by atoms with van der Waals surface area (Å²) in [7, 11) is 0. The predicted octanol–water partition coefficient (Wildman–Crippen LogP) is 3.65. The van der Waals surface area contributed by atoms with E-state index >= 15 is 0 Å². The van der Waals surface area contributed by atoms with Crippen molar-refractivity contribution in [3.63, 3.8) is 0 Å². The highest BCUT2D eigenvalue weighted by atomic mass is 16.1. The van der Waals surface area contributed by atoms with Crippen LogP contribution in [0.25, 0.3) is 0 Å². The standard InChI is InChI=1S/C15H29NO/c1-5-6-7-14(17)12-13-8-10-16(11-9-13)15(2,3)4/h13H,5-12H2,1-4H3. The van der Waals surface area contributed by atoms with Crippen LogP contribution in [0.4, 0.5) is 0 Å². The van der Waals surface area contributed by atoms with E-state index in [0.717, 1.165) is 38.8 Å². The van der Waals surface area contributed by atoms with Crippen LogP contribution in [0.15, 0.2) is 0 Å². The number of carbonyl (C=O) groups excluding carboxylic acids is 1. The summed E-state index contributed by atoms with van der Waals surface area (Å²) in [5.41, 5.74) is 0.289. The van der Waals surface area contributed by atoms with Gasteiger partial charge in [0.25, 0.3) is 0 Å². The average Bonchev–Trinajstić information content (AvgIpc) is 2.26. The molecule has 1 saturated heterocycles. The molecule has 0 N–H and O–H groups in total. The highest BCUT2D eigenvalue weighted by molar-refractivity contribution is 5.78. The highest BCUT2D eigenvalue weighted by Crippen LogP contribution is 2.26. The first kappa shape index (κ1) is 14.7.